The van der Waals surface area contributed by atoms with Gasteiger partial charge in [0.1, 0.15) is 18.5 Å². The molecule has 0 atom stereocenters. The first-order valence-corrected chi connectivity index (χ1v) is 8.57. The summed E-state index contributed by atoms with van der Waals surface area (Å²) in [4.78, 5) is 22.4. The zero-order valence-corrected chi connectivity index (χ0v) is 11.8. The van der Waals surface area contributed by atoms with Crippen LogP contribution in [0.1, 0.15) is 26.7 Å². The van der Waals surface area contributed by atoms with Crippen molar-refractivity contribution < 1.29 is 22.8 Å². The van der Waals surface area contributed by atoms with Gasteiger partial charge < -0.3 is 9.79 Å². The minimum atomic E-state index is -4.80. The minimum absolute atomic E-state index is 0.162. The van der Waals surface area contributed by atoms with E-state index in [0.717, 1.165) is 11.0 Å². The molecule has 0 spiro atoms. The largest absolute Gasteiger partial charge is 0.346 e. The summed E-state index contributed by atoms with van der Waals surface area (Å²) in [6, 6.07) is 0. The Morgan fingerprint density at radius 2 is 1.89 bits per heavy atom. The summed E-state index contributed by atoms with van der Waals surface area (Å²) in [5.74, 6) is -0.597. The average Bonchev–Trinajstić information content (AvgIpc) is 2.69. The SMILES string of the molecule is CCC(CC)(P(=O)(O)O)S(=O)(=O)Cn1cncn1. The van der Waals surface area contributed by atoms with Gasteiger partial charge in [-0.25, -0.2) is 18.1 Å². The third-order valence-corrected chi connectivity index (χ3v) is 8.57. The quantitative estimate of drug-likeness (QED) is 0.726. The van der Waals surface area contributed by atoms with Crippen molar-refractivity contribution in [2.24, 2.45) is 0 Å². The summed E-state index contributed by atoms with van der Waals surface area (Å²) in [6.07, 6.45) is 2.02. The fraction of sp³-hybridized carbons (Fsp3) is 0.750. The van der Waals surface area contributed by atoms with Gasteiger partial charge in [-0.15, -0.1) is 0 Å². The number of nitrogens with zero attached hydrogens (tertiary/aromatic N) is 3. The summed E-state index contributed by atoms with van der Waals surface area (Å²) in [6.45, 7) is 2.89. The van der Waals surface area contributed by atoms with Crippen molar-refractivity contribution in [1.82, 2.24) is 14.8 Å². The van der Waals surface area contributed by atoms with Crippen LogP contribution in [0.25, 0.3) is 0 Å². The van der Waals surface area contributed by atoms with Crippen LogP contribution in [0.4, 0.5) is 0 Å². The van der Waals surface area contributed by atoms with E-state index in [0.29, 0.717) is 0 Å². The standard InChI is InChI=1S/C8H16N3O5PS/c1-3-8(4-2,17(12,13)14)18(15,16)7-11-6-9-5-10-11/h5-6H,3-4,7H2,1-2H3,(H2,12,13,14). The molecule has 104 valence electrons. The first kappa shape index (κ1) is 15.3. The molecule has 1 heterocycles. The molecule has 1 aromatic rings. The summed E-state index contributed by atoms with van der Waals surface area (Å²) in [7, 11) is -8.86. The number of hydrogen-bond donors (Lipinski definition) is 2. The van der Waals surface area contributed by atoms with Gasteiger partial charge in [-0.3, -0.25) is 4.57 Å². The van der Waals surface area contributed by atoms with E-state index in [2.05, 4.69) is 10.1 Å². The highest BCUT2D eigenvalue weighted by atomic mass is 32.2. The molecule has 0 saturated heterocycles. The molecular weight excluding hydrogens is 281 g/mol. The molecule has 1 aromatic heterocycles. The monoisotopic (exact) mass is 297 g/mol. The van der Waals surface area contributed by atoms with Crippen LogP contribution in [0.2, 0.25) is 0 Å². The Morgan fingerprint density at radius 3 is 2.22 bits per heavy atom. The molecule has 0 amide bonds. The fourth-order valence-corrected chi connectivity index (χ4v) is 5.92. The Kier molecular flexibility index (Phi) is 4.32. The maximum absolute atomic E-state index is 12.2. The van der Waals surface area contributed by atoms with Crippen LogP contribution in [-0.4, -0.2) is 37.5 Å². The number of aromatic nitrogens is 3. The van der Waals surface area contributed by atoms with E-state index in [4.69, 9.17) is 0 Å². The Labute approximate surface area is 105 Å². The van der Waals surface area contributed by atoms with Gasteiger partial charge in [0.15, 0.2) is 14.3 Å². The van der Waals surface area contributed by atoms with E-state index in [9.17, 15) is 22.8 Å². The first-order valence-electron chi connectivity index (χ1n) is 5.30. The molecular formula is C8H16N3O5PS. The average molecular weight is 297 g/mol. The fourth-order valence-electron chi connectivity index (χ4n) is 1.88. The minimum Gasteiger partial charge on any atom is -0.323 e. The van der Waals surface area contributed by atoms with Crippen molar-refractivity contribution in [2.75, 3.05) is 0 Å². The van der Waals surface area contributed by atoms with E-state index < -0.39 is 27.8 Å². The van der Waals surface area contributed by atoms with Gasteiger partial charge in [0.25, 0.3) is 0 Å². The molecule has 0 unspecified atom stereocenters. The second kappa shape index (κ2) is 5.08. The zero-order chi connectivity index (χ0) is 14.0. The van der Waals surface area contributed by atoms with Crippen LogP contribution in [0, 0.1) is 0 Å². The van der Waals surface area contributed by atoms with Crippen LogP contribution >= 0.6 is 7.60 Å². The van der Waals surface area contributed by atoms with E-state index in [-0.39, 0.29) is 12.8 Å². The maximum atomic E-state index is 12.2. The van der Waals surface area contributed by atoms with Gasteiger partial charge in [-0.1, -0.05) is 13.8 Å². The number of hydrogen-bond acceptors (Lipinski definition) is 5. The molecule has 18 heavy (non-hydrogen) atoms. The topological polar surface area (TPSA) is 122 Å². The molecule has 2 N–H and O–H groups in total. The van der Waals surface area contributed by atoms with Gasteiger partial charge in [-0.05, 0) is 12.8 Å². The van der Waals surface area contributed by atoms with Crippen LogP contribution in [0.3, 0.4) is 0 Å². The summed E-state index contributed by atoms with van der Waals surface area (Å²) in [5, 5.41) is 3.64. The van der Waals surface area contributed by atoms with E-state index in [1.165, 1.54) is 20.2 Å². The molecule has 8 nitrogen and oxygen atoms in total. The predicted molar refractivity (Wildman–Crippen MR) is 64.3 cm³/mol. The Hall–Kier alpha value is -0.760. The second-order valence-corrected chi connectivity index (χ2v) is 8.39. The third kappa shape index (κ3) is 2.49. The Bertz CT molecular complexity index is 531. The van der Waals surface area contributed by atoms with Crippen LogP contribution in [0.15, 0.2) is 12.7 Å². The molecule has 0 fully saturated rings. The van der Waals surface area contributed by atoms with Crippen molar-refractivity contribution in [3.05, 3.63) is 12.7 Å². The van der Waals surface area contributed by atoms with Crippen molar-refractivity contribution in [3.63, 3.8) is 0 Å². The first-order chi connectivity index (χ1) is 8.20. The lowest BCUT2D eigenvalue weighted by atomic mass is 10.2. The molecule has 0 radical (unpaired) electrons. The van der Waals surface area contributed by atoms with Crippen molar-refractivity contribution in [1.29, 1.82) is 0 Å². The van der Waals surface area contributed by atoms with Gasteiger partial charge in [-0.2, -0.15) is 5.10 Å². The maximum Gasteiger partial charge on any atom is 0.346 e. The highest BCUT2D eigenvalue weighted by Crippen LogP contribution is 2.58. The van der Waals surface area contributed by atoms with Crippen molar-refractivity contribution in [3.8, 4) is 0 Å². The predicted octanol–water partition coefficient (Wildman–Crippen LogP) is 0.344. The molecule has 0 aliphatic carbocycles. The Balaban J connectivity index is 3.25. The number of sulfone groups is 1. The highest BCUT2D eigenvalue weighted by molar-refractivity contribution is 7.98. The van der Waals surface area contributed by atoms with E-state index in [1.807, 2.05) is 0 Å². The van der Waals surface area contributed by atoms with Crippen LogP contribution in [-0.2, 0) is 20.3 Å². The smallest absolute Gasteiger partial charge is 0.323 e. The lowest BCUT2D eigenvalue weighted by Crippen LogP contribution is -2.39. The van der Waals surface area contributed by atoms with Crippen molar-refractivity contribution >= 4 is 17.4 Å². The van der Waals surface area contributed by atoms with Crippen molar-refractivity contribution in [2.45, 2.75) is 37.1 Å². The highest BCUT2D eigenvalue weighted by Gasteiger charge is 2.54. The zero-order valence-electron chi connectivity index (χ0n) is 10.1. The summed E-state index contributed by atoms with van der Waals surface area (Å²) < 4.78 is 35.0. The van der Waals surface area contributed by atoms with Gasteiger partial charge in [0.05, 0.1) is 0 Å². The summed E-state index contributed by atoms with van der Waals surface area (Å²) >= 11 is 0. The Morgan fingerprint density at radius 1 is 1.33 bits per heavy atom. The van der Waals surface area contributed by atoms with E-state index >= 15 is 0 Å². The third-order valence-electron chi connectivity index (χ3n) is 2.98. The van der Waals surface area contributed by atoms with Crippen LogP contribution in [0.5, 0.6) is 0 Å². The van der Waals surface area contributed by atoms with E-state index in [1.54, 1.807) is 0 Å². The molecule has 0 saturated carbocycles. The van der Waals surface area contributed by atoms with Crippen LogP contribution < -0.4 is 0 Å². The molecule has 0 aromatic carbocycles. The lowest BCUT2D eigenvalue weighted by Gasteiger charge is -2.31. The van der Waals surface area contributed by atoms with Gasteiger partial charge >= 0.3 is 7.60 Å². The van der Waals surface area contributed by atoms with Gasteiger partial charge in [0.2, 0.25) is 0 Å². The normalized spacial score (nSPS) is 13.8. The molecule has 0 aliphatic rings. The summed E-state index contributed by atoms with van der Waals surface area (Å²) in [5.41, 5.74) is 0. The molecule has 1 rings (SSSR count). The molecule has 0 aliphatic heterocycles. The number of rotatable bonds is 6. The lowest BCUT2D eigenvalue weighted by molar-refractivity contribution is 0.340. The van der Waals surface area contributed by atoms with Gasteiger partial charge in [0, 0.05) is 0 Å². The second-order valence-electron chi connectivity index (χ2n) is 3.88. The molecule has 0 bridgehead atoms. The molecule has 10 heteroatoms.